The molecule has 5 nitrogen and oxygen atoms in total. The fourth-order valence-corrected chi connectivity index (χ4v) is 1.86. The van der Waals surface area contributed by atoms with Crippen LogP contribution >= 0.6 is 0 Å². The van der Waals surface area contributed by atoms with Crippen LogP contribution in [0.1, 0.15) is 12.8 Å². The second kappa shape index (κ2) is 7.21. The third kappa shape index (κ3) is 5.18. The molecule has 0 aromatic heterocycles. The number of carbonyl (C=O) groups excluding carboxylic acids is 1. The molecular weight excluding hydrogens is 282 g/mol. The Morgan fingerprint density at radius 1 is 1.38 bits per heavy atom. The smallest absolute Gasteiger partial charge is 0.387 e. The summed E-state index contributed by atoms with van der Waals surface area (Å²) >= 11 is 0. The van der Waals surface area contributed by atoms with Crippen molar-refractivity contribution >= 4 is 11.6 Å². The van der Waals surface area contributed by atoms with Crippen molar-refractivity contribution in [3.8, 4) is 11.5 Å². The average Bonchev–Trinajstić information content (AvgIpc) is 3.22. The molecule has 0 unspecified atom stereocenters. The van der Waals surface area contributed by atoms with Gasteiger partial charge in [-0.3, -0.25) is 4.79 Å². The highest BCUT2D eigenvalue weighted by atomic mass is 19.3. The lowest BCUT2D eigenvalue weighted by atomic mass is 10.2. The van der Waals surface area contributed by atoms with E-state index in [4.69, 9.17) is 4.74 Å². The molecule has 1 fully saturated rings. The molecule has 2 rings (SSSR count). The zero-order chi connectivity index (χ0) is 15.2. The van der Waals surface area contributed by atoms with Gasteiger partial charge in [-0.15, -0.1) is 0 Å². The zero-order valence-corrected chi connectivity index (χ0v) is 11.7. The Hall–Kier alpha value is -1.89. The first-order valence-corrected chi connectivity index (χ1v) is 6.72. The number of ether oxygens (including phenoxy) is 2. The topological polar surface area (TPSA) is 59.6 Å². The fraction of sp³-hybridized carbons (Fsp3) is 0.500. The van der Waals surface area contributed by atoms with Crippen molar-refractivity contribution < 1.29 is 23.0 Å². The van der Waals surface area contributed by atoms with Crippen molar-refractivity contribution in [1.29, 1.82) is 0 Å². The van der Waals surface area contributed by atoms with Crippen LogP contribution in [0.25, 0.3) is 0 Å². The van der Waals surface area contributed by atoms with Gasteiger partial charge in [-0.05, 0) is 37.4 Å². The van der Waals surface area contributed by atoms with Gasteiger partial charge in [0.25, 0.3) is 0 Å². The van der Waals surface area contributed by atoms with Crippen molar-refractivity contribution in [3.05, 3.63) is 18.2 Å². The molecule has 116 valence electrons. The van der Waals surface area contributed by atoms with Crippen molar-refractivity contribution in [1.82, 2.24) is 5.32 Å². The largest absolute Gasteiger partial charge is 0.493 e. The summed E-state index contributed by atoms with van der Waals surface area (Å²) in [4.78, 5) is 11.7. The maximum absolute atomic E-state index is 12.3. The number of amides is 1. The number of hydrogen-bond donors (Lipinski definition) is 2. The number of rotatable bonds is 8. The molecule has 1 saturated carbocycles. The molecule has 2 N–H and O–H groups in total. The molecule has 21 heavy (non-hydrogen) atoms. The van der Waals surface area contributed by atoms with Gasteiger partial charge < -0.3 is 20.1 Å². The summed E-state index contributed by atoms with van der Waals surface area (Å²) in [7, 11) is 1.35. The zero-order valence-electron chi connectivity index (χ0n) is 11.7. The highest BCUT2D eigenvalue weighted by Crippen LogP contribution is 2.31. The van der Waals surface area contributed by atoms with E-state index in [1.165, 1.54) is 32.1 Å². The molecule has 1 amide bonds. The van der Waals surface area contributed by atoms with Crippen molar-refractivity contribution in [2.24, 2.45) is 5.92 Å². The number of hydrogen-bond acceptors (Lipinski definition) is 4. The number of methoxy groups -OCH3 is 1. The van der Waals surface area contributed by atoms with Crippen LogP contribution in [0.5, 0.6) is 11.5 Å². The van der Waals surface area contributed by atoms with Crippen molar-refractivity contribution in [2.75, 3.05) is 25.5 Å². The quantitative estimate of drug-likeness (QED) is 0.773. The standard InChI is InChI=1S/C14H18F2N2O3/c1-20-11-5-4-10(6-12(11)21-14(15)16)18-13(19)8-17-7-9-2-3-9/h4-6,9,14,17H,2-3,7-8H2,1H3,(H,18,19). The summed E-state index contributed by atoms with van der Waals surface area (Å²) in [5.41, 5.74) is 0.379. The summed E-state index contributed by atoms with van der Waals surface area (Å²) in [6.07, 6.45) is 2.42. The number of nitrogens with one attached hydrogen (secondary N) is 2. The van der Waals surface area contributed by atoms with Gasteiger partial charge in [-0.1, -0.05) is 0 Å². The molecule has 0 spiro atoms. The maximum Gasteiger partial charge on any atom is 0.387 e. The van der Waals surface area contributed by atoms with E-state index in [0.717, 1.165) is 6.54 Å². The van der Waals surface area contributed by atoms with Crippen LogP contribution in [0, 0.1) is 5.92 Å². The van der Waals surface area contributed by atoms with Crippen LogP contribution < -0.4 is 20.1 Å². The summed E-state index contributed by atoms with van der Waals surface area (Å²) in [6, 6.07) is 4.34. The lowest BCUT2D eigenvalue weighted by Gasteiger charge is -2.12. The number of benzene rings is 1. The van der Waals surface area contributed by atoms with E-state index < -0.39 is 6.61 Å². The lowest BCUT2D eigenvalue weighted by molar-refractivity contribution is -0.115. The number of halogens is 2. The molecule has 0 atom stereocenters. The van der Waals surface area contributed by atoms with E-state index in [0.29, 0.717) is 11.6 Å². The summed E-state index contributed by atoms with van der Waals surface area (Å²) in [5.74, 6) is 0.519. The summed E-state index contributed by atoms with van der Waals surface area (Å²) in [5, 5.41) is 5.67. The lowest BCUT2D eigenvalue weighted by Crippen LogP contribution is -2.29. The molecule has 1 aliphatic carbocycles. The molecule has 1 aliphatic rings. The maximum atomic E-state index is 12.3. The predicted octanol–water partition coefficient (Wildman–Crippen LogP) is 2.23. The predicted molar refractivity (Wildman–Crippen MR) is 73.8 cm³/mol. The minimum Gasteiger partial charge on any atom is -0.493 e. The number of carbonyl (C=O) groups is 1. The van der Waals surface area contributed by atoms with E-state index in [-0.39, 0.29) is 24.0 Å². The molecule has 7 heteroatoms. The first-order chi connectivity index (χ1) is 10.1. The Morgan fingerprint density at radius 2 is 2.14 bits per heavy atom. The second-order valence-electron chi connectivity index (χ2n) is 4.87. The molecule has 1 aromatic carbocycles. The van der Waals surface area contributed by atoms with E-state index in [9.17, 15) is 13.6 Å². The highest BCUT2D eigenvalue weighted by molar-refractivity contribution is 5.92. The summed E-state index contributed by atoms with van der Waals surface area (Å²) in [6.45, 7) is -1.94. The number of alkyl halides is 2. The van der Waals surface area contributed by atoms with Crippen LogP contribution in [-0.2, 0) is 4.79 Å². The van der Waals surface area contributed by atoms with Gasteiger partial charge in [0, 0.05) is 11.8 Å². The molecule has 0 saturated heterocycles. The molecule has 0 bridgehead atoms. The van der Waals surface area contributed by atoms with E-state index >= 15 is 0 Å². The first kappa shape index (κ1) is 15.5. The molecule has 0 heterocycles. The SMILES string of the molecule is COc1ccc(NC(=O)CNCC2CC2)cc1OC(F)F. The van der Waals surface area contributed by atoms with Gasteiger partial charge in [0.05, 0.1) is 13.7 Å². The monoisotopic (exact) mass is 300 g/mol. The minimum atomic E-state index is -2.95. The van der Waals surface area contributed by atoms with Gasteiger partial charge >= 0.3 is 6.61 Å². The Bertz CT molecular complexity index is 493. The van der Waals surface area contributed by atoms with Crippen LogP contribution in [0.2, 0.25) is 0 Å². The van der Waals surface area contributed by atoms with Crippen LogP contribution in [0.15, 0.2) is 18.2 Å². The van der Waals surface area contributed by atoms with Crippen LogP contribution in [-0.4, -0.2) is 32.7 Å². The van der Waals surface area contributed by atoms with Crippen LogP contribution in [0.3, 0.4) is 0 Å². The highest BCUT2D eigenvalue weighted by Gasteiger charge is 2.20. The molecule has 0 radical (unpaired) electrons. The Morgan fingerprint density at radius 3 is 2.76 bits per heavy atom. The van der Waals surface area contributed by atoms with Gasteiger partial charge in [0.2, 0.25) is 5.91 Å². The molecule has 1 aromatic rings. The Kier molecular flexibility index (Phi) is 5.32. The van der Waals surface area contributed by atoms with Crippen molar-refractivity contribution in [2.45, 2.75) is 19.5 Å². The van der Waals surface area contributed by atoms with Gasteiger partial charge in [0.1, 0.15) is 0 Å². The van der Waals surface area contributed by atoms with E-state index in [2.05, 4.69) is 15.4 Å². The summed E-state index contributed by atoms with van der Waals surface area (Å²) < 4.78 is 33.9. The molecule has 0 aliphatic heterocycles. The van der Waals surface area contributed by atoms with Gasteiger partial charge in [-0.2, -0.15) is 8.78 Å². The van der Waals surface area contributed by atoms with Crippen molar-refractivity contribution in [3.63, 3.8) is 0 Å². The van der Waals surface area contributed by atoms with Crippen LogP contribution in [0.4, 0.5) is 14.5 Å². The fourth-order valence-electron chi connectivity index (χ4n) is 1.86. The Labute approximate surface area is 121 Å². The average molecular weight is 300 g/mol. The number of anilines is 1. The van der Waals surface area contributed by atoms with E-state index in [1.54, 1.807) is 6.07 Å². The molecular formula is C14H18F2N2O3. The Balaban J connectivity index is 1.90. The third-order valence-electron chi connectivity index (χ3n) is 3.08. The normalized spacial score (nSPS) is 14.1. The van der Waals surface area contributed by atoms with E-state index in [1.807, 2.05) is 0 Å². The minimum absolute atomic E-state index is 0.115. The third-order valence-corrected chi connectivity index (χ3v) is 3.08. The second-order valence-corrected chi connectivity index (χ2v) is 4.87. The first-order valence-electron chi connectivity index (χ1n) is 6.72. The van der Waals surface area contributed by atoms with Gasteiger partial charge in [0.15, 0.2) is 11.5 Å². The van der Waals surface area contributed by atoms with Gasteiger partial charge in [-0.25, -0.2) is 0 Å².